The third-order valence-corrected chi connectivity index (χ3v) is 5.16. The van der Waals surface area contributed by atoms with Gasteiger partial charge in [0.2, 0.25) is 0 Å². The lowest BCUT2D eigenvalue weighted by atomic mass is 9.78. The van der Waals surface area contributed by atoms with Crippen LogP contribution in [0.5, 0.6) is 0 Å². The zero-order valence-electron chi connectivity index (χ0n) is 14.8. The first-order valence-electron chi connectivity index (χ1n) is 8.59. The van der Waals surface area contributed by atoms with Gasteiger partial charge >= 0.3 is 6.18 Å². The second-order valence-electron chi connectivity index (χ2n) is 6.12. The summed E-state index contributed by atoms with van der Waals surface area (Å²) in [5.41, 5.74) is 1.92. The van der Waals surface area contributed by atoms with Gasteiger partial charge in [-0.05, 0) is 24.5 Å². The summed E-state index contributed by atoms with van der Waals surface area (Å²) in [5.74, 6) is 1.12. The lowest BCUT2D eigenvalue weighted by molar-refractivity contribution is -0.140. The van der Waals surface area contributed by atoms with E-state index in [1.165, 1.54) is 11.1 Å². The second-order valence-corrected chi connectivity index (χ2v) is 7.06. The summed E-state index contributed by atoms with van der Waals surface area (Å²) in [4.78, 5) is 8.25. The molecule has 0 aliphatic heterocycles. The smallest absolute Gasteiger partial charge is 0.357 e. The molecule has 1 aliphatic rings. The number of nitrogens with one attached hydrogen (secondary N) is 2. The molecule has 1 aromatic carbocycles. The van der Waals surface area contributed by atoms with Crippen molar-refractivity contribution in [2.75, 3.05) is 19.6 Å². The molecule has 2 N–H and O–H groups in total. The van der Waals surface area contributed by atoms with E-state index in [0.717, 1.165) is 29.7 Å². The maximum Gasteiger partial charge on any atom is 0.434 e. The number of hydrogen-bond acceptors (Lipinski definition) is 3. The van der Waals surface area contributed by atoms with Crippen LogP contribution in [0.15, 0.2) is 34.6 Å². The summed E-state index contributed by atoms with van der Waals surface area (Å²) in [7, 11) is 0. The molecule has 0 saturated carbocycles. The molecule has 148 valence electrons. The first-order chi connectivity index (χ1) is 12.5. The van der Waals surface area contributed by atoms with Gasteiger partial charge in [0.15, 0.2) is 11.7 Å². The highest BCUT2D eigenvalue weighted by molar-refractivity contribution is 14.0. The maximum atomic E-state index is 12.6. The molecule has 1 heterocycles. The van der Waals surface area contributed by atoms with Gasteiger partial charge in [0.05, 0.1) is 5.01 Å². The summed E-state index contributed by atoms with van der Waals surface area (Å²) in [5, 5.41) is 7.86. The number of nitrogens with zero attached hydrogens (tertiary/aromatic N) is 2. The number of guanidine groups is 1. The summed E-state index contributed by atoms with van der Waals surface area (Å²) >= 11 is 1.03. The Labute approximate surface area is 177 Å². The number of aliphatic imine (C=N–C) groups is 1. The lowest BCUT2D eigenvalue weighted by Gasteiger charge is -2.28. The Kier molecular flexibility index (Phi) is 7.90. The van der Waals surface area contributed by atoms with Gasteiger partial charge in [-0.2, -0.15) is 13.2 Å². The van der Waals surface area contributed by atoms with E-state index in [1.807, 2.05) is 19.1 Å². The van der Waals surface area contributed by atoms with Crippen LogP contribution in [0.2, 0.25) is 0 Å². The molecule has 0 bridgehead atoms. The zero-order chi connectivity index (χ0) is 18.6. The molecule has 1 unspecified atom stereocenters. The van der Waals surface area contributed by atoms with Gasteiger partial charge in [-0.15, -0.1) is 35.3 Å². The van der Waals surface area contributed by atoms with Crippen LogP contribution in [-0.2, 0) is 19.0 Å². The minimum absolute atomic E-state index is 0. The van der Waals surface area contributed by atoms with Crippen molar-refractivity contribution in [1.82, 2.24) is 15.6 Å². The van der Waals surface area contributed by atoms with Gasteiger partial charge in [-0.3, -0.25) is 4.99 Å². The molecule has 0 radical (unpaired) electrons. The van der Waals surface area contributed by atoms with Gasteiger partial charge in [0.1, 0.15) is 0 Å². The molecule has 0 fully saturated rings. The maximum absolute atomic E-state index is 12.6. The molecule has 27 heavy (non-hydrogen) atoms. The van der Waals surface area contributed by atoms with Crippen molar-refractivity contribution in [2.24, 2.45) is 4.99 Å². The van der Waals surface area contributed by atoms with Crippen LogP contribution in [0.25, 0.3) is 0 Å². The molecule has 1 aliphatic carbocycles. The zero-order valence-corrected chi connectivity index (χ0v) is 18.0. The van der Waals surface area contributed by atoms with E-state index in [1.54, 1.807) is 0 Å². The minimum atomic E-state index is -4.38. The third-order valence-electron chi connectivity index (χ3n) is 4.25. The summed E-state index contributed by atoms with van der Waals surface area (Å²) in [6, 6.07) is 8.37. The highest BCUT2D eigenvalue weighted by atomic mass is 127. The van der Waals surface area contributed by atoms with Crippen molar-refractivity contribution in [3.8, 4) is 0 Å². The molecule has 1 aromatic heterocycles. The lowest BCUT2D eigenvalue weighted by Crippen LogP contribution is -2.39. The monoisotopic (exact) mass is 510 g/mol. The highest BCUT2D eigenvalue weighted by Crippen LogP contribution is 2.34. The largest absolute Gasteiger partial charge is 0.434 e. The molecular formula is C18H22F3IN4S. The number of benzene rings is 1. The van der Waals surface area contributed by atoms with Crippen molar-refractivity contribution < 1.29 is 13.2 Å². The molecule has 4 nitrogen and oxygen atoms in total. The van der Waals surface area contributed by atoms with Gasteiger partial charge in [0, 0.05) is 37.4 Å². The number of halogens is 4. The van der Waals surface area contributed by atoms with Crippen molar-refractivity contribution in [1.29, 1.82) is 0 Å². The SMILES string of the molecule is CCNC(=NCC1Cc2ccccc21)NCCc1nc(C(F)(F)F)cs1.I. The number of alkyl halides is 3. The van der Waals surface area contributed by atoms with Crippen LogP contribution in [-0.4, -0.2) is 30.6 Å². The predicted octanol–water partition coefficient (Wildman–Crippen LogP) is 4.22. The molecule has 9 heteroatoms. The van der Waals surface area contributed by atoms with Gasteiger partial charge in [-0.25, -0.2) is 4.98 Å². The van der Waals surface area contributed by atoms with Crippen LogP contribution in [0.4, 0.5) is 13.2 Å². The Hall–Kier alpha value is -1.36. The van der Waals surface area contributed by atoms with Crippen LogP contribution < -0.4 is 10.6 Å². The van der Waals surface area contributed by atoms with E-state index in [9.17, 15) is 13.2 Å². The first-order valence-corrected chi connectivity index (χ1v) is 9.47. The molecule has 3 rings (SSSR count). The van der Waals surface area contributed by atoms with E-state index >= 15 is 0 Å². The van der Waals surface area contributed by atoms with Crippen molar-refractivity contribution >= 4 is 41.3 Å². The number of thiazole rings is 1. The second kappa shape index (κ2) is 9.72. The Morgan fingerprint density at radius 1 is 1.30 bits per heavy atom. The van der Waals surface area contributed by atoms with Gasteiger partial charge in [-0.1, -0.05) is 24.3 Å². The Balaban J connectivity index is 0.00000261. The minimum Gasteiger partial charge on any atom is -0.357 e. The fraction of sp³-hybridized carbons (Fsp3) is 0.444. The first kappa shape index (κ1) is 21.9. The van der Waals surface area contributed by atoms with E-state index in [2.05, 4.69) is 32.7 Å². The van der Waals surface area contributed by atoms with E-state index in [-0.39, 0.29) is 24.0 Å². The molecular weight excluding hydrogens is 488 g/mol. The van der Waals surface area contributed by atoms with Crippen LogP contribution >= 0.6 is 35.3 Å². The van der Waals surface area contributed by atoms with Crippen LogP contribution in [0.3, 0.4) is 0 Å². The Morgan fingerprint density at radius 2 is 2.07 bits per heavy atom. The van der Waals surface area contributed by atoms with Gasteiger partial charge < -0.3 is 10.6 Å². The van der Waals surface area contributed by atoms with Crippen molar-refractivity contribution in [3.63, 3.8) is 0 Å². The number of aromatic nitrogens is 1. The topological polar surface area (TPSA) is 49.3 Å². The summed E-state index contributed by atoms with van der Waals surface area (Å²) in [6.07, 6.45) is -2.91. The molecule has 0 saturated heterocycles. The standard InChI is InChI=1S/C18H21F3N4S.HI/c1-2-22-17(24-10-13-9-12-5-3-4-6-14(12)13)23-8-7-16-25-15(11-26-16)18(19,20)21;/h3-6,11,13H,2,7-10H2,1H3,(H2,22,23,24);1H. The number of hydrogen-bond donors (Lipinski definition) is 2. The van der Waals surface area contributed by atoms with Crippen molar-refractivity contribution in [2.45, 2.75) is 31.9 Å². The quantitative estimate of drug-likeness (QED) is 0.348. The van der Waals surface area contributed by atoms with Crippen molar-refractivity contribution in [3.05, 3.63) is 51.5 Å². The predicted molar refractivity (Wildman–Crippen MR) is 113 cm³/mol. The molecule has 0 amide bonds. The molecule has 0 spiro atoms. The number of fused-ring (bicyclic) bond motifs is 1. The fourth-order valence-electron chi connectivity index (χ4n) is 2.91. The van der Waals surface area contributed by atoms with Gasteiger partial charge in [0.25, 0.3) is 0 Å². The van der Waals surface area contributed by atoms with E-state index in [4.69, 9.17) is 0 Å². The third kappa shape index (κ3) is 5.81. The average Bonchev–Trinajstić information content (AvgIpc) is 3.05. The van der Waals surface area contributed by atoms with Crippen LogP contribution in [0, 0.1) is 0 Å². The molecule has 1 atom stereocenters. The fourth-order valence-corrected chi connectivity index (χ4v) is 3.72. The van der Waals surface area contributed by atoms with E-state index in [0.29, 0.717) is 36.4 Å². The normalized spacial score (nSPS) is 16.1. The number of rotatable bonds is 6. The Morgan fingerprint density at radius 3 is 2.74 bits per heavy atom. The summed E-state index contributed by atoms with van der Waals surface area (Å²) < 4.78 is 37.7. The Bertz CT molecular complexity index is 776. The average molecular weight is 510 g/mol. The van der Waals surface area contributed by atoms with Crippen LogP contribution in [0.1, 0.15) is 34.7 Å². The summed E-state index contributed by atoms with van der Waals surface area (Å²) in [6.45, 7) is 3.88. The highest BCUT2D eigenvalue weighted by Gasteiger charge is 2.33. The molecule has 2 aromatic rings. The van der Waals surface area contributed by atoms with E-state index < -0.39 is 11.9 Å².